The van der Waals surface area contributed by atoms with E-state index in [0.29, 0.717) is 25.1 Å². The number of ether oxygens (including phenoxy) is 2. The number of carbonyl (C=O) groups is 3. The van der Waals surface area contributed by atoms with Gasteiger partial charge in [0.15, 0.2) is 0 Å². The predicted octanol–water partition coefficient (Wildman–Crippen LogP) is 2.75. The van der Waals surface area contributed by atoms with Crippen LogP contribution in [-0.2, 0) is 21.2 Å². The van der Waals surface area contributed by atoms with E-state index in [2.05, 4.69) is 10.3 Å². The van der Waals surface area contributed by atoms with Crippen LogP contribution in [0.25, 0.3) is 0 Å². The van der Waals surface area contributed by atoms with Gasteiger partial charge in [-0.25, -0.2) is 22.9 Å². The summed E-state index contributed by atoms with van der Waals surface area (Å²) in [5.41, 5.74) is 1.02. The predicted molar refractivity (Wildman–Crippen MR) is 135 cm³/mol. The summed E-state index contributed by atoms with van der Waals surface area (Å²) in [4.78, 5) is 40.5. The number of esters is 1. The molecular formula is C26H27N3O7S. The van der Waals surface area contributed by atoms with Crippen molar-refractivity contribution in [2.75, 3.05) is 20.3 Å². The molecule has 194 valence electrons. The van der Waals surface area contributed by atoms with Crippen molar-refractivity contribution < 1.29 is 32.3 Å². The van der Waals surface area contributed by atoms with Crippen LogP contribution in [0.4, 0.5) is 0 Å². The summed E-state index contributed by atoms with van der Waals surface area (Å²) in [6.07, 6.45) is 2.29. The molecule has 0 aliphatic carbocycles. The first kappa shape index (κ1) is 27.3. The number of benzene rings is 2. The average Bonchev–Trinajstić information content (AvgIpc) is 2.91. The Bertz CT molecular complexity index is 1370. The van der Waals surface area contributed by atoms with Crippen molar-refractivity contribution in [1.82, 2.24) is 15.0 Å². The summed E-state index contributed by atoms with van der Waals surface area (Å²) in [7, 11) is -2.71. The lowest BCUT2D eigenvalue weighted by molar-refractivity contribution is 0.0497. The molecule has 10 nitrogen and oxygen atoms in total. The molecule has 2 aromatic carbocycles. The van der Waals surface area contributed by atoms with Crippen LogP contribution in [0, 0.1) is 0 Å². The standard InChI is InChI=1S/C26H27N3O7S/c1-3-14-36-26(32)23-11-10-20(17-28-23)25(31)29-37(33,34)22-9-5-7-19(16-22)24(30)27-13-12-18-6-4-8-21(15-18)35-2/h4-11,15-17H,3,12-14H2,1-2H3,(H,27,30)(H,29,31). The maximum Gasteiger partial charge on any atom is 0.356 e. The quantitative estimate of drug-likeness (QED) is 0.364. The lowest BCUT2D eigenvalue weighted by Crippen LogP contribution is -2.31. The Morgan fingerprint density at radius 1 is 0.946 bits per heavy atom. The number of nitrogens with zero attached hydrogens (tertiary/aromatic N) is 1. The van der Waals surface area contributed by atoms with Gasteiger partial charge in [-0.05, 0) is 60.9 Å². The number of nitrogens with one attached hydrogen (secondary N) is 2. The number of methoxy groups -OCH3 is 1. The maximum absolute atomic E-state index is 12.8. The summed E-state index contributed by atoms with van der Waals surface area (Å²) in [6, 6.07) is 15.3. The van der Waals surface area contributed by atoms with Gasteiger partial charge in [-0.3, -0.25) is 9.59 Å². The zero-order valence-electron chi connectivity index (χ0n) is 20.4. The number of carbonyl (C=O) groups excluding carboxylic acids is 3. The molecule has 0 aliphatic heterocycles. The highest BCUT2D eigenvalue weighted by atomic mass is 32.2. The van der Waals surface area contributed by atoms with Crippen LogP contribution in [0.3, 0.4) is 0 Å². The maximum atomic E-state index is 12.8. The molecule has 1 aromatic heterocycles. The molecule has 0 radical (unpaired) electrons. The minimum absolute atomic E-state index is 0.00188. The second kappa shape index (κ2) is 12.6. The van der Waals surface area contributed by atoms with Crippen LogP contribution < -0.4 is 14.8 Å². The molecule has 0 spiro atoms. The molecule has 1 heterocycles. The molecule has 0 atom stereocenters. The van der Waals surface area contributed by atoms with E-state index in [4.69, 9.17) is 9.47 Å². The normalized spacial score (nSPS) is 10.9. The minimum atomic E-state index is -4.29. The third-order valence-corrected chi connectivity index (χ3v) is 6.47. The van der Waals surface area contributed by atoms with E-state index in [-0.39, 0.29) is 28.3 Å². The number of pyridine rings is 1. The van der Waals surface area contributed by atoms with Crippen LogP contribution in [0.15, 0.2) is 71.8 Å². The lowest BCUT2D eigenvalue weighted by atomic mass is 10.1. The molecule has 37 heavy (non-hydrogen) atoms. The highest BCUT2D eigenvalue weighted by Gasteiger charge is 2.21. The number of aromatic nitrogens is 1. The van der Waals surface area contributed by atoms with E-state index in [0.717, 1.165) is 11.8 Å². The number of hydrogen-bond donors (Lipinski definition) is 2. The van der Waals surface area contributed by atoms with Crippen LogP contribution >= 0.6 is 0 Å². The Kier molecular flexibility index (Phi) is 9.33. The topological polar surface area (TPSA) is 141 Å². The van der Waals surface area contributed by atoms with Crippen LogP contribution in [-0.4, -0.2) is 51.4 Å². The Morgan fingerprint density at radius 2 is 1.73 bits per heavy atom. The first-order chi connectivity index (χ1) is 17.7. The van der Waals surface area contributed by atoms with Gasteiger partial charge >= 0.3 is 5.97 Å². The van der Waals surface area contributed by atoms with Crippen molar-refractivity contribution in [3.05, 3.63) is 89.2 Å². The van der Waals surface area contributed by atoms with Gasteiger partial charge in [-0.1, -0.05) is 25.1 Å². The molecule has 0 aliphatic rings. The Morgan fingerprint density at radius 3 is 2.43 bits per heavy atom. The highest BCUT2D eigenvalue weighted by Crippen LogP contribution is 2.14. The summed E-state index contributed by atoms with van der Waals surface area (Å²) in [6.45, 7) is 2.41. The van der Waals surface area contributed by atoms with E-state index in [9.17, 15) is 22.8 Å². The SMILES string of the molecule is CCCOC(=O)c1ccc(C(=O)NS(=O)(=O)c2cccc(C(=O)NCCc3cccc(OC)c3)c2)cn1. The average molecular weight is 526 g/mol. The third kappa shape index (κ3) is 7.61. The molecule has 0 fully saturated rings. The van der Waals surface area contributed by atoms with Gasteiger partial charge in [0.2, 0.25) is 0 Å². The van der Waals surface area contributed by atoms with Gasteiger partial charge in [0, 0.05) is 18.3 Å². The van der Waals surface area contributed by atoms with Crippen molar-refractivity contribution in [2.45, 2.75) is 24.7 Å². The fourth-order valence-electron chi connectivity index (χ4n) is 3.21. The molecule has 11 heteroatoms. The van der Waals surface area contributed by atoms with Gasteiger partial charge < -0.3 is 14.8 Å². The molecule has 0 saturated carbocycles. The smallest absolute Gasteiger partial charge is 0.356 e. The van der Waals surface area contributed by atoms with Crippen LogP contribution in [0.1, 0.15) is 50.1 Å². The summed E-state index contributed by atoms with van der Waals surface area (Å²) >= 11 is 0. The molecule has 3 aromatic rings. The number of sulfonamides is 1. The Labute approximate surface area is 215 Å². The van der Waals surface area contributed by atoms with E-state index < -0.39 is 27.8 Å². The summed E-state index contributed by atoms with van der Waals surface area (Å²) in [5, 5.41) is 2.75. The molecule has 3 rings (SSSR count). The third-order valence-electron chi connectivity index (χ3n) is 5.14. The molecular weight excluding hydrogens is 498 g/mol. The van der Waals surface area contributed by atoms with Gasteiger partial charge in [0.25, 0.3) is 21.8 Å². The van der Waals surface area contributed by atoms with Crippen molar-refractivity contribution in [2.24, 2.45) is 0 Å². The van der Waals surface area contributed by atoms with Crippen molar-refractivity contribution in [3.8, 4) is 5.75 Å². The summed E-state index contributed by atoms with van der Waals surface area (Å²) in [5.74, 6) is -1.32. The molecule has 0 saturated heterocycles. The summed E-state index contributed by atoms with van der Waals surface area (Å²) < 4.78 is 37.6. The second-order valence-electron chi connectivity index (χ2n) is 7.89. The fraction of sp³-hybridized carbons (Fsp3) is 0.231. The van der Waals surface area contributed by atoms with Crippen molar-refractivity contribution in [1.29, 1.82) is 0 Å². The first-order valence-electron chi connectivity index (χ1n) is 11.4. The monoisotopic (exact) mass is 525 g/mol. The van der Waals surface area contributed by atoms with E-state index in [1.807, 2.05) is 35.9 Å². The van der Waals surface area contributed by atoms with E-state index in [1.165, 1.54) is 36.4 Å². The highest BCUT2D eigenvalue weighted by molar-refractivity contribution is 7.90. The molecule has 2 N–H and O–H groups in total. The number of hydrogen-bond acceptors (Lipinski definition) is 8. The molecule has 2 amide bonds. The Hall–Kier alpha value is -4.25. The van der Waals surface area contributed by atoms with Crippen LogP contribution in [0.5, 0.6) is 5.75 Å². The Balaban J connectivity index is 1.62. The second-order valence-corrected chi connectivity index (χ2v) is 9.57. The van der Waals surface area contributed by atoms with Gasteiger partial charge in [-0.15, -0.1) is 0 Å². The van der Waals surface area contributed by atoms with Crippen LogP contribution in [0.2, 0.25) is 0 Å². The van der Waals surface area contributed by atoms with Gasteiger partial charge in [0.1, 0.15) is 11.4 Å². The zero-order chi connectivity index (χ0) is 26.8. The first-order valence-corrected chi connectivity index (χ1v) is 12.9. The molecule has 0 unspecified atom stereocenters. The van der Waals surface area contributed by atoms with Gasteiger partial charge in [-0.2, -0.15) is 0 Å². The lowest BCUT2D eigenvalue weighted by Gasteiger charge is -2.10. The fourth-order valence-corrected chi connectivity index (χ4v) is 4.23. The number of amides is 2. The number of rotatable bonds is 11. The van der Waals surface area contributed by atoms with Crippen molar-refractivity contribution in [3.63, 3.8) is 0 Å². The van der Waals surface area contributed by atoms with Gasteiger partial charge in [0.05, 0.1) is 24.2 Å². The van der Waals surface area contributed by atoms with E-state index >= 15 is 0 Å². The largest absolute Gasteiger partial charge is 0.497 e. The molecule has 0 bridgehead atoms. The van der Waals surface area contributed by atoms with E-state index in [1.54, 1.807) is 7.11 Å². The zero-order valence-corrected chi connectivity index (χ0v) is 21.2. The minimum Gasteiger partial charge on any atom is -0.497 e. The van der Waals surface area contributed by atoms with Crippen molar-refractivity contribution >= 4 is 27.8 Å².